The van der Waals surface area contributed by atoms with Crippen LogP contribution in [0, 0.1) is 17.8 Å². The summed E-state index contributed by atoms with van der Waals surface area (Å²) in [4.78, 5) is 65.2. The molecule has 2 N–H and O–H groups in total. The maximum atomic E-state index is 13.4. The van der Waals surface area contributed by atoms with E-state index in [1.54, 1.807) is 20.8 Å². The summed E-state index contributed by atoms with van der Waals surface area (Å²) < 4.78 is 10.1. The van der Waals surface area contributed by atoms with Crippen LogP contribution in [0.5, 0.6) is 0 Å². The minimum Gasteiger partial charge on any atom is -0.460 e. The second kappa shape index (κ2) is 12.8. The Morgan fingerprint density at radius 2 is 1.50 bits per heavy atom. The third kappa shape index (κ3) is 7.01. The first-order valence-corrected chi connectivity index (χ1v) is 12.3. The van der Waals surface area contributed by atoms with Crippen LogP contribution in [-0.4, -0.2) is 78.9 Å². The molecule has 0 aromatic heterocycles. The molecule has 2 aliphatic rings. The van der Waals surface area contributed by atoms with Gasteiger partial charge in [0.05, 0.1) is 6.61 Å². The number of hydrogen-bond acceptors (Lipinski definition) is 7. The van der Waals surface area contributed by atoms with E-state index in [9.17, 15) is 24.0 Å². The van der Waals surface area contributed by atoms with Gasteiger partial charge in [-0.05, 0) is 44.4 Å². The van der Waals surface area contributed by atoms with Crippen LogP contribution >= 0.6 is 0 Å². The van der Waals surface area contributed by atoms with E-state index in [0.29, 0.717) is 45.4 Å². The number of amides is 3. The highest BCUT2D eigenvalue weighted by Crippen LogP contribution is 2.22. The van der Waals surface area contributed by atoms with Crippen LogP contribution in [0.4, 0.5) is 0 Å². The summed E-state index contributed by atoms with van der Waals surface area (Å²) in [6.07, 6.45) is 2.30. The number of hydrogen-bond donors (Lipinski definition) is 2. The zero-order chi connectivity index (χ0) is 25.4. The summed E-state index contributed by atoms with van der Waals surface area (Å²) >= 11 is 0. The van der Waals surface area contributed by atoms with E-state index in [-0.39, 0.29) is 36.2 Å². The molecule has 34 heavy (non-hydrogen) atoms. The minimum absolute atomic E-state index is 0.0600. The number of Topliss-reactive ketones (excluding diaryl/α,β-unsaturated/α-hetero) is 1. The lowest BCUT2D eigenvalue weighted by Crippen LogP contribution is -2.58. The number of likely N-dealkylation sites (tertiary alicyclic amines) is 1. The van der Waals surface area contributed by atoms with Crippen molar-refractivity contribution in [2.45, 2.75) is 78.4 Å². The molecule has 2 fully saturated rings. The van der Waals surface area contributed by atoms with Crippen molar-refractivity contribution in [1.29, 1.82) is 0 Å². The van der Waals surface area contributed by atoms with Gasteiger partial charge in [0.1, 0.15) is 18.1 Å². The molecule has 0 aliphatic carbocycles. The van der Waals surface area contributed by atoms with Gasteiger partial charge in [-0.15, -0.1) is 0 Å². The van der Waals surface area contributed by atoms with Crippen molar-refractivity contribution >= 4 is 29.5 Å². The molecule has 2 aliphatic heterocycles. The Morgan fingerprint density at radius 3 is 2.06 bits per heavy atom. The van der Waals surface area contributed by atoms with Crippen molar-refractivity contribution in [3.63, 3.8) is 0 Å². The zero-order valence-corrected chi connectivity index (χ0v) is 20.9. The predicted molar refractivity (Wildman–Crippen MR) is 123 cm³/mol. The highest BCUT2D eigenvalue weighted by atomic mass is 16.5. The Kier molecular flexibility index (Phi) is 10.5. The van der Waals surface area contributed by atoms with Gasteiger partial charge in [0.25, 0.3) is 5.78 Å². The van der Waals surface area contributed by atoms with Gasteiger partial charge in [0.2, 0.25) is 17.7 Å². The number of nitrogens with zero attached hydrogens (tertiary/aromatic N) is 1. The molecule has 0 saturated carbocycles. The van der Waals surface area contributed by atoms with Crippen molar-refractivity contribution in [3.8, 4) is 0 Å². The van der Waals surface area contributed by atoms with Gasteiger partial charge in [-0.2, -0.15) is 0 Å². The van der Waals surface area contributed by atoms with Crippen LogP contribution in [0.25, 0.3) is 0 Å². The Balaban J connectivity index is 2.10. The summed E-state index contributed by atoms with van der Waals surface area (Å²) in [6.45, 7) is 10.2. The van der Waals surface area contributed by atoms with Crippen molar-refractivity contribution in [2.75, 3.05) is 26.4 Å². The number of ketones is 1. The topological polar surface area (TPSA) is 131 Å². The zero-order valence-electron chi connectivity index (χ0n) is 20.9. The summed E-state index contributed by atoms with van der Waals surface area (Å²) in [5, 5.41) is 5.55. The maximum absolute atomic E-state index is 13.4. The molecular formula is C24H39N3O7. The van der Waals surface area contributed by atoms with Gasteiger partial charge in [0.15, 0.2) is 0 Å². The molecule has 0 radical (unpaired) electrons. The highest BCUT2D eigenvalue weighted by Gasteiger charge is 2.41. The molecule has 2 rings (SSSR count). The smallest absolute Gasteiger partial charge is 0.376 e. The summed E-state index contributed by atoms with van der Waals surface area (Å²) in [5.74, 6) is -3.48. The van der Waals surface area contributed by atoms with Crippen molar-refractivity contribution in [3.05, 3.63) is 0 Å². The van der Waals surface area contributed by atoms with Crippen LogP contribution in [0.3, 0.4) is 0 Å². The molecule has 0 aromatic rings. The summed E-state index contributed by atoms with van der Waals surface area (Å²) in [5.41, 5.74) is 0. The van der Waals surface area contributed by atoms with Crippen LogP contribution in [-0.2, 0) is 33.4 Å². The molecule has 1 unspecified atom stereocenters. The summed E-state index contributed by atoms with van der Waals surface area (Å²) in [7, 11) is 0. The largest absolute Gasteiger partial charge is 0.460 e. The summed E-state index contributed by atoms with van der Waals surface area (Å²) in [6, 6.07) is -2.57. The monoisotopic (exact) mass is 481 g/mol. The second-order valence-electron chi connectivity index (χ2n) is 9.62. The molecule has 2 saturated heterocycles. The Hall–Kier alpha value is -2.49. The normalized spacial score (nSPS) is 20.7. The van der Waals surface area contributed by atoms with Crippen molar-refractivity contribution in [1.82, 2.24) is 15.5 Å². The molecule has 10 heteroatoms. The highest BCUT2D eigenvalue weighted by molar-refractivity contribution is 6.36. The second-order valence-corrected chi connectivity index (χ2v) is 9.62. The third-order valence-corrected chi connectivity index (χ3v) is 6.38. The molecular weight excluding hydrogens is 442 g/mol. The first-order valence-electron chi connectivity index (χ1n) is 12.3. The number of carbonyl (C=O) groups excluding carboxylic acids is 5. The Morgan fingerprint density at radius 1 is 0.912 bits per heavy atom. The number of esters is 1. The fourth-order valence-electron chi connectivity index (χ4n) is 4.34. The van der Waals surface area contributed by atoms with E-state index in [4.69, 9.17) is 9.47 Å². The number of nitrogens with one attached hydrogen (secondary N) is 2. The first-order chi connectivity index (χ1) is 16.1. The SMILES string of the molecule is CCOC(=O)C(=O)C(NC(=O)[C@@H]1CCCN1C(=O)[C@@H](NC(=O)C1CCOCC1)C(C)C)C(C)C. The average molecular weight is 482 g/mol. The van der Waals surface area contributed by atoms with Gasteiger partial charge in [-0.25, -0.2) is 4.79 Å². The Bertz CT molecular complexity index is 762. The van der Waals surface area contributed by atoms with Crippen molar-refractivity contribution in [2.24, 2.45) is 17.8 Å². The molecule has 0 bridgehead atoms. The molecule has 3 amide bonds. The van der Waals surface area contributed by atoms with E-state index < -0.39 is 35.8 Å². The van der Waals surface area contributed by atoms with Gasteiger partial charge < -0.3 is 25.0 Å². The lowest BCUT2D eigenvalue weighted by atomic mass is 9.96. The molecule has 3 atom stereocenters. The van der Waals surface area contributed by atoms with Crippen LogP contribution < -0.4 is 10.6 Å². The number of carbonyl (C=O) groups is 5. The van der Waals surface area contributed by atoms with Gasteiger partial charge in [-0.3, -0.25) is 19.2 Å². The van der Waals surface area contributed by atoms with Crippen molar-refractivity contribution < 1.29 is 33.4 Å². The van der Waals surface area contributed by atoms with E-state index >= 15 is 0 Å². The standard InChI is InChI=1S/C24H39N3O7/c1-6-34-24(32)20(28)18(14(2)3)25-22(30)17-8-7-11-27(17)23(31)19(15(4)5)26-21(29)16-9-12-33-13-10-16/h14-19H,6-13H2,1-5H3,(H,25,30)(H,26,29)/t17-,18?,19-/m0/s1. The van der Waals surface area contributed by atoms with E-state index in [2.05, 4.69) is 10.6 Å². The fraction of sp³-hybridized carbons (Fsp3) is 0.792. The van der Waals surface area contributed by atoms with Crippen LogP contribution in [0.15, 0.2) is 0 Å². The average Bonchev–Trinajstić information content (AvgIpc) is 3.30. The number of ether oxygens (including phenoxy) is 2. The lowest BCUT2D eigenvalue weighted by Gasteiger charge is -2.32. The molecule has 2 heterocycles. The van der Waals surface area contributed by atoms with Crippen LogP contribution in [0.2, 0.25) is 0 Å². The fourth-order valence-corrected chi connectivity index (χ4v) is 4.34. The predicted octanol–water partition coefficient (Wildman–Crippen LogP) is 0.818. The van der Waals surface area contributed by atoms with Crippen LogP contribution in [0.1, 0.15) is 60.3 Å². The maximum Gasteiger partial charge on any atom is 0.376 e. The molecule has 192 valence electrons. The molecule has 0 spiro atoms. The van der Waals surface area contributed by atoms with Gasteiger partial charge in [-0.1, -0.05) is 27.7 Å². The molecule has 10 nitrogen and oxygen atoms in total. The van der Waals surface area contributed by atoms with E-state index in [1.165, 1.54) is 4.90 Å². The lowest BCUT2D eigenvalue weighted by molar-refractivity contribution is -0.155. The first kappa shape index (κ1) is 27.8. The Labute approximate surface area is 201 Å². The minimum atomic E-state index is -1.04. The van der Waals surface area contributed by atoms with E-state index in [1.807, 2.05) is 13.8 Å². The molecule has 0 aromatic carbocycles. The number of rotatable bonds is 10. The quantitative estimate of drug-likeness (QED) is 0.349. The van der Waals surface area contributed by atoms with Gasteiger partial charge >= 0.3 is 5.97 Å². The van der Waals surface area contributed by atoms with Gasteiger partial charge in [0, 0.05) is 25.7 Å². The third-order valence-electron chi connectivity index (χ3n) is 6.38. The van der Waals surface area contributed by atoms with E-state index in [0.717, 1.165) is 0 Å².